The minimum atomic E-state index is -1.12. The van der Waals surface area contributed by atoms with Crippen molar-refractivity contribution in [2.24, 2.45) is 4.99 Å². The Hall–Kier alpha value is -3.20. The van der Waals surface area contributed by atoms with Gasteiger partial charge >= 0.3 is 5.97 Å². The normalized spacial score (nSPS) is 24.1. The lowest BCUT2D eigenvalue weighted by Gasteiger charge is -2.27. The SMILES string of the molecule is CCCCCCC1(CCCCCC/C=C/[C@H](OCc2ccc(OC)cc2)[C@H]2OC(=O)[C@@]3(C)N=C(c4ccccc4)O[C@@H]23)OCCO1. The number of carbonyl (C=O) groups is 1. The van der Waals surface area contributed by atoms with E-state index in [1.165, 1.54) is 25.7 Å². The van der Waals surface area contributed by atoms with E-state index >= 15 is 0 Å². The molecule has 2 fully saturated rings. The summed E-state index contributed by atoms with van der Waals surface area (Å²) in [5, 5.41) is 0. The summed E-state index contributed by atoms with van der Waals surface area (Å²) in [6.45, 7) is 5.80. The molecule has 0 N–H and O–H groups in total. The van der Waals surface area contributed by atoms with Gasteiger partial charge in [0.05, 0.1) is 26.9 Å². The number of benzene rings is 2. The molecule has 0 aliphatic carbocycles. The zero-order chi connectivity index (χ0) is 32.2. The van der Waals surface area contributed by atoms with E-state index in [4.69, 9.17) is 33.4 Å². The molecule has 0 saturated carbocycles. The third-order valence-electron chi connectivity index (χ3n) is 9.26. The number of hydrogen-bond donors (Lipinski definition) is 0. The smallest absolute Gasteiger partial charge is 0.338 e. The predicted molar refractivity (Wildman–Crippen MR) is 178 cm³/mol. The maximum atomic E-state index is 13.2. The molecule has 2 saturated heterocycles. The van der Waals surface area contributed by atoms with Crippen molar-refractivity contribution in [1.29, 1.82) is 0 Å². The van der Waals surface area contributed by atoms with E-state index < -0.39 is 29.8 Å². The Kier molecular flexibility index (Phi) is 12.3. The Morgan fingerprint density at radius 2 is 1.61 bits per heavy atom. The van der Waals surface area contributed by atoms with Gasteiger partial charge < -0.3 is 28.4 Å². The first kappa shape index (κ1) is 34.1. The molecule has 0 spiro atoms. The van der Waals surface area contributed by atoms with E-state index in [-0.39, 0.29) is 5.79 Å². The van der Waals surface area contributed by atoms with Gasteiger partial charge in [-0.05, 0) is 62.4 Å². The van der Waals surface area contributed by atoms with Gasteiger partial charge in [0.15, 0.2) is 23.5 Å². The molecule has 250 valence electrons. The molecule has 5 rings (SSSR count). The number of hydrogen-bond acceptors (Lipinski definition) is 8. The van der Waals surface area contributed by atoms with Crippen molar-refractivity contribution < 1.29 is 33.2 Å². The quantitative estimate of drug-likeness (QED) is 0.0890. The Labute approximate surface area is 274 Å². The maximum Gasteiger partial charge on any atom is 0.338 e. The van der Waals surface area contributed by atoms with Crippen LogP contribution >= 0.6 is 0 Å². The summed E-state index contributed by atoms with van der Waals surface area (Å²) >= 11 is 0. The number of rotatable bonds is 19. The zero-order valence-corrected chi connectivity index (χ0v) is 27.8. The Balaban J connectivity index is 1.15. The molecule has 3 heterocycles. The Bertz CT molecular complexity index is 1290. The van der Waals surface area contributed by atoms with Crippen LogP contribution in [0.3, 0.4) is 0 Å². The lowest BCUT2D eigenvalue weighted by atomic mass is 9.93. The molecule has 0 amide bonds. The lowest BCUT2D eigenvalue weighted by molar-refractivity contribution is -0.168. The highest BCUT2D eigenvalue weighted by molar-refractivity contribution is 6.00. The van der Waals surface area contributed by atoms with Gasteiger partial charge in [0, 0.05) is 18.4 Å². The number of nitrogens with zero attached hydrogens (tertiary/aromatic N) is 1. The zero-order valence-electron chi connectivity index (χ0n) is 27.8. The van der Waals surface area contributed by atoms with Crippen LogP contribution in [0.4, 0.5) is 0 Å². The van der Waals surface area contributed by atoms with Gasteiger partial charge in [0.2, 0.25) is 5.90 Å². The summed E-state index contributed by atoms with van der Waals surface area (Å²) in [6.07, 6.45) is 14.7. The van der Waals surface area contributed by atoms with E-state index in [1.807, 2.05) is 60.7 Å². The molecule has 0 aromatic heterocycles. The second kappa shape index (κ2) is 16.6. The van der Waals surface area contributed by atoms with Gasteiger partial charge in [-0.25, -0.2) is 9.79 Å². The topological polar surface area (TPSA) is 84.8 Å². The first-order valence-corrected chi connectivity index (χ1v) is 17.2. The second-order valence-corrected chi connectivity index (χ2v) is 12.8. The third kappa shape index (κ3) is 8.58. The number of cyclic esters (lactones) is 1. The molecule has 0 unspecified atom stereocenters. The summed E-state index contributed by atoms with van der Waals surface area (Å²) < 4.78 is 36.1. The predicted octanol–water partition coefficient (Wildman–Crippen LogP) is 7.72. The number of carbonyl (C=O) groups excluding carboxylic acids is 1. The fraction of sp³-hybridized carbons (Fsp3) is 0.579. The Morgan fingerprint density at radius 1 is 0.913 bits per heavy atom. The number of fused-ring (bicyclic) bond motifs is 1. The summed E-state index contributed by atoms with van der Waals surface area (Å²) in [6, 6.07) is 17.4. The lowest BCUT2D eigenvalue weighted by Crippen LogP contribution is -2.43. The molecule has 46 heavy (non-hydrogen) atoms. The van der Waals surface area contributed by atoms with E-state index in [2.05, 4.69) is 13.0 Å². The van der Waals surface area contributed by atoms with Crippen LogP contribution in [-0.2, 0) is 35.1 Å². The van der Waals surface area contributed by atoms with Crippen LogP contribution in [0.5, 0.6) is 5.75 Å². The molecule has 4 atom stereocenters. The molecular weight excluding hydrogens is 582 g/mol. The fourth-order valence-electron chi connectivity index (χ4n) is 6.49. The summed E-state index contributed by atoms with van der Waals surface area (Å²) in [4.78, 5) is 17.9. The van der Waals surface area contributed by atoms with Crippen molar-refractivity contribution in [2.45, 2.75) is 121 Å². The van der Waals surface area contributed by atoms with E-state index in [0.29, 0.717) is 25.7 Å². The number of esters is 1. The molecule has 0 bridgehead atoms. The van der Waals surface area contributed by atoms with Crippen LogP contribution < -0.4 is 4.74 Å². The van der Waals surface area contributed by atoms with Crippen molar-refractivity contribution in [3.8, 4) is 5.75 Å². The number of ether oxygens (including phenoxy) is 6. The van der Waals surface area contributed by atoms with Crippen molar-refractivity contribution in [2.75, 3.05) is 20.3 Å². The Morgan fingerprint density at radius 3 is 2.30 bits per heavy atom. The van der Waals surface area contributed by atoms with E-state index in [1.54, 1.807) is 14.0 Å². The first-order chi connectivity index (χ1) is 22.5. The molecular formula is C38H51NO7. The second-order valence-electron chi connectivity index (χ2n) is 12.8. The highest BCUT2D eigenvalue weighted by atomic mass is 16.7. The van der Waals surface area contributed by atoms with Crippen LogP contribution in [-0.4, -0.2) is 61.8 Å². The van der Waals surface area contributed by atoms with Crippen LogP contribution in [0, 0.1) is 0 Å². The average Bonchev–Trinajstić information content (AvgIpc) is 3.76. The van der Waals surface area contributed by atoms with Crippen molar-refractivity contribution in [3.63, 3.8) is 0 Å². The summed E-state index contributed by atoms with van der Waals surface area (Å²) in [5.74, 6) is 0.500. The highest BCUT2D eigenvalue weighted by Gasteiger charge is 2.62. The van der Waals surface area contributed by atoms with E-state index in [0.717, 1.165) is 61.8 Å². The first-order valence-electron chi connectivity index (χ1n) is 17.2. The average molecular weight is 634 g/mol. The fourth-order valence-corrected chi connectivity index (χ4v) is 6.49. The monoisotopic (exact) mass is 633 g/mol. The van der Waals surface area contributed by atoms with Crippen LogP contribution in [0.2, 0.25) is 0 Å². The van der Waals surface area contributed by atoms with Crippen LogP contribution in [0.15, 0.2) is 71.7 Å². The molecule has 8 heteroatoms. The van der Waals surface area contributed by atoms with Crippen molar-refractivity contribution in [1.82, 2.24) is 0 Å². The van der Waals surface area contributed by atoms with E-state index in [9.17, 15) is 4.79 Å². The van der Waals surface area contributed by atoms with Gasteiger partial charge in [-0.15, -0.1) is 0 Å². The highest BCUT2D eigenvalue weighted by Crippen LogP contribution is 2.40. The molecule has 3 aliphatic heterocycles. The maximum absolute atomic E-state index is 13.2. The largest absolute Gasteiger partial charge is 0.497 e. The summed E-state index contributed by atoms with van der Waals surface area (Å²) in [5.41, 5.74) is 0.716. The third-order valence-corrected chi connectivity index (χ3v) is 9.26. The number of methoxy groups -OCH3 is 1. The molecule has 2 aromatic rings. The van der Waals surface area contributed by atoms with Gasteiger partial charge in [-0.3, -0.25) is 0 Å². The minimum absolute atomic E-state index is 0.354. The number of unbranched alkanes of at least 4 members (excludes halogenated alkanes) is 7. The minimum Gasteiger partial charge on any atom is -0.497 e. The standard InChI is InChI=1S/C38H51NO7/c1-4-5-6-15-24-38(43-26-27-44-38)25-16-10-8-7-9-14-19-32(42-28-29-20-22-31(41-3)23-21-29)33-34-37(2,36(40)45-33)39-35(46-34)30-17-12-11-13-18-30/h11-14,17-23,32-34H,4-10,15-16,24-28H2,1-3H3/b19-14+/t32-,33+,34-,37-/m0/s1. The molecule has 8 nitrogen and oxygen atoms in total. The van der Waals surface area contributed by atoms with Crippen LogP contribution in [0.1, 0.15) is 95.6 Å². The van der Waals surface area contributed by atoms with Crippen molar-refractivity contribution in [3.05, 3.63) is 77.9 Å². The summed E-state index contributed by atoms with van der Waals surface area (Å²) in [7, 11) is 1.65. The molecule has 0 radical (unpaired) electrons. The number of aliphatic imine (C=N–C) groups is 1. The molecule has 2 aromatic carbocycles. The van der Waals surface area contributed by atoms with Gasteiger partial charge in [0.1, 0.15) is 11.9 Å². The van der Waals surface area contributed by atoms with Gasteiger partial charge in [-0.1, -0.05) is 81.5 Å². The van der Waals surface area contributed by atoms with Gasteiger partial charge in [0.25, 0.3) is 0 Å². The van der Waals surface area contributed by atoms with Crippen molar-refractivity contribution >= 4 is 11.9 Å². The molecule has 3 aliphatic rings. The van der Waals surface area contributed by atoms with Crippen LogP contribution in [0.25, 0.3) is 0 Å². The number of allylic oxidation sites excluding steroid dienone is 1. The van der Waals surface area contributed by atoms with Gasteiger partial charge in [-0.2, -0.15) is 0 Å².